The monoisotopic (exact) mass is 325 g/mol. The topological polar surface area (TPSA) is 93.5 Å². The summed E-state index contributed by atoms with van der Waals surface area (Å²) >= 11 is 0.774. The molecule has 1 aromatic rings. The molecule has 1 heterocycles. The number of halogens is 3. The minimum Gasteiger partial charge on any atom is -0.465 e. The predicted molar refractivity (Wildman–Crippen MR) is 72.6 cm³/mol. The highest BCUT2D eigenvalue weighted by atomic mass is 32.1. The molecule has 4 N–H and O–H groups in total. The summed E-state index contributed by atoms with van der Waals surface area (Å²) in [4.78, 5) is 23.2. The Balaban J connectivity index is 3.06. The van der Waals surface area contributed by atoms with E-state index in [9.17, 15) is 22.8 Å². The molecule has 0 unspecified atom stereocenters. The summed E-state index contributed by atoms with van der Waals surface area (Å²) in [6.45, 7) is -0.436. The number of esters is 1. The number of amides is 1. The summed E-state index contributed by atoms with van der Waals surface area (Å²) in [7, 11) is 2.48. The Morgan fingerprint density at radius 3 is 2.48 bits per heavy atom. The van der Waals surface area contributed by atoms with Crippen LogP contribution in [0.25, 0.3) is 0 Å². The largest absolute Gasteiger partial charge is 0.465 e. The van der Waals surface area contributed by atoms with Gasteiger partial charge in [0.15, 0.2) is 0 Å². The molecule has 0 radical (unpaired) electrons. The number of alkyl halides is 3. The van der Waals surface area contributed by atoms with Crippen LogP contribution in [0.4, 0.5) is 23.9 Å². The molecule has 0 aromatic carbocycles. The van der Waals surface area contributed by atoms with Crippen LogP contribution in [-0.2, 0) is 4.74 Å². The number of rotatable bonds is 5. The van der Waals surface area contributed by atoms with Gasteiger partial charge in [0, 0.05) is 13.6 Å². The third-order valence-electron chi connectivity index (χ3n) is 2.46. The van der Waals surface area contributed by atoms with Crippen LogP contribution in [0.5, 0.6) is 0 Å². The highest BCUT2D eigenvalue weighted by Gasteiger charge is 2.28. The molecule has 0 spiro atoms. The van der Waals surface area contributed by atoms with Gasteiger partial charge in [-0.1, -0.05) is 0 Å². The summed E-state index contributed by atoms with van der Waals surface area (Å²) in [6, 6.07) is 0. The van der Waals surface area contributed by atoms with Gasteiger partial charge in [-0.2, -0.15) is 13.2 Å². The van der Waals surface area contributed by atoms with E-state index in [1.54, 1.807) is 0 Å². The van der Waals surface area contributed by atoms with Gasteiger partial charge in [0.2, 0.25) is 0 Å². The van der Waals surface area contributed by atoms with Crippen LogP contribution in [0, 0.1) is 0 Å². The summed E-state index contributed by atoms with van der Waals surface area (Å²) in [5.74, 6) is -1.36. The van der Waals surface area contributed by atoms with Crippen LogP contribution in [0.2, 0.25) is 0 Å². The molecule has 1 amide bonds. The van der Waals surface area contributed by atoms with Crippen LogP contribution in [0.15, 0.2) is 0 Å². The first-order valence-electron chi connectivity index (χ1n) is 5.74. The van der Waals surface area contributed by atoms with Gasteiger partial charge in [0.25, 0.3) is 5.91 Å². The molecule has 21 heavy (non-hydrogen) atoms. The van der Waals surface area contributed by atoms with Crippen molar-refractivity contribution in [1.82, 2.24) is 5.32 Å². The van der Waals surface area contributed by atoms with Crippen LogP contribution < -0.4 is 16.4 Å². The second kappa shape index (κ2) is 6.66. The lowest BCUT2D eigenvalue weighted by Gasteiger charge is -2.09. The second-order valence-corrected chi connectivity index (χ2v) is 4.93. The number of hydrogen-bond acceptors (Lipinski definition) is 6. The average Bonchev–Trinajstić information content (AvgIpc) is 2.72. The van der Waals surface area contributed by atoms with Crippen molar-refractivity contribution in [3.63, 3.8) is 0 Å². The minimum absolute atomic E-state index is 0.0365. The number of anilines is 2. The Kier molecular flexibility index (Phi) is 5.41. The molecule has 0 aliphatic carbocycles. The molecule has 1 aromatic heterocycles. The van der Waals surface area contributed by atoms with Gasteiger partial charge < -0.3 is 21.1 Å². The molecule has 1 rings (SSSR count). The Morgan fingerprint density at radius 1 is 1.38 bits per heavy atom. The molecule has 0 aliphatic heterocycles. The zero-order chi connectivity index (χ0) is 16.2. The van der Waals surface area contributed by atoms with E-state index in [-0.39, 0.29) is 21.1 Å². The van der Waals surface area contributed by atoms with E-state index in [0.29, 0.717) is 0 Å². The molecule has 118 valence electrons. The number of carbonyl (C=O) groups excluding carboxylic acids is 2. The lowest BCUT2D eigenvalue weighted by Crippen LogP contribution is -2.21. The summed E-state index contributed by atoms with van der Waals surface area (Å²) in [5, 5.41) is 4.88. The fourth-order valence-electron chi connectivity index (χ4n) is 1.48. The lowest BCUT2D eigenvalue weighted by molar-refractivity contribution is -0.131. The number of thiophene rings is 1. The van der Waals surface area contributed by atoms with Crippen LogP contribution in [-0.4, -0.2) is 38.8 Å². The molecule has 10 heteroatoms. The fourth-order valence-corrected chi connectivity index (χ4v) is 2.54. The predicted octanol–water partition coefficient (Wildman–Crippen LogP) is 1.84. The zero-order valence-corrected chi connectivity index (χ0v) is 12.1. The highest BCUT2D eigenvalue weighted by Crippen LogP contribution is 2.36. The van der Waals surface area contributed by atoms with Gasteiger partial charge in [0.1, 0.15) is 9.88 Å². The molecule has 0 saturated heterocycles. The summed E-state index contributed by atoms with van der Waals surface area (Å²) in [6.07, 6.45) is -5.40. The van der Waals surface area contributed by atoms with E-state index in [2.05, 4.69) is 15.4 Å². The Morgan fingerprint density at radius 2 is 2.00 bits per heavy atom. The van der Waals surface area contributed by atoms with Gasteiger partial charge in [0.05, 0.1) is 24.8 Å². The fraction of sp³-hybridized carbons (Fsp3) is 0.455. The van der Waals surface area contributed by atoms with Gasteiger partial charge in [-0.05, 0) is 0 Å². The van der Waals surface area contributed by atoms with Crippen molar-refractivity contribution >= 4 is 33.9 Å². The quantitative estimate of drug-likeness (QED) is 0.718. The maximum absolute atomic E-state index is 12.1. The average molecular weight is 325 g/mol. The van der Waals surface area contributed by atoms with E-state index >= 15 is 0 Å². The molecule has 0 saturated carbocycles. The van der Waals surface area contributed by atoms with E-state index in [1.165, 1.54) is 7.05 Å². The summed E-state index contributed by atoms with van der Waals surface area (Å²) in [5.41, 5.74) is 5.51. The molecule has 0 aliphatic rings. The number of ether oxygens (including phenoxy) is 1. The number of hydrogen-bond donors (Lipinski definition) is 3. The number of nitrogens with two attached hydrogens (primary N) is 1. The molecule has 0 bridgehead atoms. The van der Waals surface area contributed by atoms with Crippen molar-refractivity contribution in [2.45, 2.75) is 12.6 Å². The molecular weight excluding hydrogens is 311 g/mol. The van der Waals surface area contributed by atoms with Crippen molar-refractivity contribution in [3.05, 3.63) is 10.4 Å². The number of nitrogens with one attached hydrogen (secondary N) is 2. The lowest BCUT2D eigenvalue weighted by atomic mass is 10.2. The van der Waals surface area contributed by atoms with E-state index in [4.69, 9.17) is 5.73 Å². The first-order chi connectivity index (χ1) is 9.71. The van der Waals surface area contributed by atoms with E-state index in [0.717, 1.165) is 18.4 Å². The SMILES string of the molecule is CNC(=O)c1c(NCCC(F)(F)F)sc(C(=O)OC)c1N. The van der Waals surface area contributed by atoms with Crippen molar-refractivity contribution in [2.24, 2.45) is 0 Å². The molecule has 0 atom stereocenters. The molecular formula is C11H14F3N3O3S. The number of carbonyl (C=O) groups is 2. The van der Waals surface area contributed by atoms with Crippen molar-refractivity contribution in [3.8, 4) is 0 Å². The first kappa shape index (κ1) is 17.1. The molecule has 6 nitrogen and oxygen atoms in total. The third kappa shape index (κ3) is 4.25. The van der Waals surface area contributed by atoms with E-state index < -0.39 is 31.0 Å². The number of nitrogen functional groups attached to an aromatic ring is 1. The second-order valence-electron chi connectivity index (χ2n) is 3.91. The van der Waals surface area contributed by atoms with E-state index in [1.807, 2.05) is 0 Å². The van der Waals surface area contributed by atoms with Gasteiger partial charge >= 0.3 is 12.1 Å². The zero-order valence-electron chi connectivity index (χ0n) is 11.3. The molecule has 0 fully saturated rings. The third-order valence-corrected chi connectivity index (χ3v) is 3.61. The van der Waals surface area contributed by atoms with Crippen molar-refractivity contribution in [2.75, 3.05) is 31.8 Å². The van der Waals surface area contributed by atoms with Gasteiger partial charge in [-0.15, -0.1) is 11.3 Å². The Hall–Kier alpha value is -1.97. The maximum atomic E-state index is 12.1. The first-order valence-corrected chi connectivity index (χ1v) is 6.56. The van der Waals surface area contributed by atoms with Gasteiger partial charge in [-0.3, -0.25) is 4.79 Å². The van der Waals surface area contributed by atoms with Crippen LogP contribution in [0.1, 0.15) is 26.5 Å². The smallest absolute Gasteiger partial charge is 0.390 e. The summed E-state index contributed by atoms with van der Waals surface area (Å²) < 4.78 is 40.9. The van der Waals surface area contributed by atoms with Crippen molar-refractivity contribution in [1.29, 1.82) is 0 Å². The minimum atomic E-state index is -4.33. The van der Waals surface area contributed by atoms with Gasteiger partial charge in [-0.25, -0.2) is 4.79 Å². The highest BCUT2D eigenvalue weighted by molar-refractivity contribution is 7.19. The Labute approximate surface area is 122 Å². The number of methoxy groups -OCH3 is 1. The Bertz CT molecular complexity index is 543. The van der Waals surface area contributed by atoms with Crippen LogP contribution >= 0.6 is 11.3 Å². The normalized spacial score (nSPS) is 11.1. The van der Waals surface area contributed by atoms with Crippen LogP contribution in [0.3, 0.4) is 0 Å². The standard InChI is InChI=1S/C11H14F3N3O3S/c1-16-8(18)5-6(15)7(10(19)20-2)21-9(5)17-4-3-11(12,13)14/h17H,3-4,15H2,1-2H3,(H,16,18). The maximum Gasteiger partial charge on any atom is 0.390 e. The van der Waals surface area contributed by atoms with Crippen molar-refractivity contribution < 1.29 is 27.5 Å².